The Morgan fingerprint density at radius 1 is 1.26 bits per heavy atom. The molecule has 1 fully saturated rings. The number of nitrogens with one attached hydrogen (secondary N) is 1. The highest BCUT2D eigenvalue weighted by Gasteiger charge is 2.19. The summed E-state index contributed by atoms with van der Waals surface area (Å²) in [6.07, 6.45) is 5.69. The monoisotopic (exact) mass is 307 g/mol. The van der Waals surface area contributed by atoms with Gasteiger partial charge in [0.2, 0.25) is 0 Å². The fraction of sp³-hybridized carbons (Fsp3) is 1.00. The predicted molar refractivity (Wildman–Crippen MR) is 85.7 cm³/mol. The molecule has 0 amide bonds. The lowest BCUT2D eigenvalue weighted by atomic mass is 9.92. The summed E-state index contributed by atoms with van der Waals surface area (Å²) in [5, 5.41) is 3.53. The number of hydrogen-bond donors (Lipinski definition) is 1. The molecule has 19 heavy (non-hydrogen) atoms. The van der Waals surface area contributed by atoms with Crippen molar-refractivity contribution in [2.24, 2.45) is 5.92 Å². The summed E-state index contributed by atoms with van der Waals surface area (Å²) in [6, 6.07) is 0.505. The van der Waals surface area contributed by atoms with E-state index in [1.807, 2.05) is 0 Å². The Kier molecular flexibility index (Phi) is 8.42. The molecule has 1 unspecified atom stereocenters. The van der Waals surface area contributed by atoms with Crippen LogP contribution in [0.3, 0.4) is 0 Å². The maximum atomic E-state index is 11.5. The van der Waals surface area contributed by atoms with Crippen molar-refractivity contribution in [2.45, 2.75) is 52.0 Å². The third kappa shape index (κ3) is 7.57. The van der Waals surface area contributed by atoms with E-state index in [2.05, 4.69) is 24.0 Å². The maximum Gasteiger partial charge on any atom is 0.150 e. The Labute approximate surface area is 123 Å². The third-order valence-electron chi connectivity index (χ3n) is 3.90. The Bertz CT molecular complexity index is 324. The summed E-state index contributed by atoms with van der Waals surface area (Å²) in [5.41, 5.74) is 0. The van der Waals surface area contributed by atoms with Crippen LogP contribution in [0, 0.1) is 5.92 Å². The summed E-state index contributed by atoms with van der Waals surface area (Å²) in [5.74, 6) is 4.07. The lowest BCUT2D eigenvalue weighted by Gasteiger charge is -2.27. The van der Waals surface area contributed by atoms with Crippen molar-refractivity contribution < 1.29 is 8.42 Å². The van der Waals surface area contributed by atoms with Gasteiger partial charge in [-0.1, -0.05) is 13.8 Å². The number of thioether (sulfide) groups is 1. The highest BCUT2D eigenvalue weighted by atomic mass is 32.2. The van der Waals surface area contributed by atoms with Gasteiger partial charge in [0.15, 0.2) is 0 Å². The molecule has 3 nitrogen and oxygen atoms in total. The quantitative estimate of drug-likeness (QED) is 0.711. The molecule has 0 aromatic rings. The van der Waals surface area contributed by atoms with Gasteiger partial charge in [-0.25, -0.2) is 8.42 Å². The normalized spacial score (nSPS) is 19.5. The highest BCUT2D eigenvalue weighted by Crippen LogP contribution is 2.27. The van der Waals surface area contributed by atoms with Gasteiger partial charge < -0.3 is 5.32 Å². The smallest absolute Gasteiger partial charge is 0.150 e. The molecule has 0 aromatic heterocycles. The Hall–Kier alpha value is 0.260. The fourth-order valence-corrected chi connectivity index (χ4v) is 4.77. The minimum Gasteiger partial charge on any atom is -0.314 e. The first-order chi connectivity index (χ1) is 9.07. The van der Waals surface area contributed by atoms with E-state index >= 15 is 0 Å². The van der Waals surface area contributed by atoms with Gasteiger partial charge in [0.05, 0.1) is 5.75 Å². The van der Waals surface area contributed by atoms with E-state index in [0.29, 0.717) is 11.8 Å². The van der Waals surface area contributed by atoms with Crippen LogP contribution in [0.1, 0.15) is 46.0 Å². The second-order valence-corrected chi connectivity index (χ2v) is 9.12. The third-order valence-corrected chi connectivity index (χ3v) is 6.74. The molecule has 0 saturated carbocycles. The van der Waals surface area contributed by atoms with E-state index in [1.54, 1.807) is 6.92 Å². The topological polar surface area (TPSA) is 46.2 Å². The van der Waals surface area contributed by atoms with Crippen LogP contribution in [0.15, 0.2) is 0 Å². The Morgan fingerprint density at radius 2 is 1.95 bits per heavy atom. The van der Waals surface area contributed by atoms with Gasteiger partial charge in [-0.3, -0.25) is 0 Å². The summed E-state index contributed by atoms with van der Waals surface area (Å²) in [7, 11) is -2.79. The molecule has 0 aromatic carbocycles. The SMILES string of the molecule is CCNC(CCCS(=O)(=O)CC)CC1CCSCC1. The van der Waals surface area contributed by atoms with Crippen LogP contribution in [-0.2, 0) is 9.84 Å². The molecule has 1 rings (SSSR count). The van der Waals surface area contributed by atoms with Crippen molar-refractivity contribution in [2.75, 3.05) is 29.6 Å². The fourth-order valence-electron chi connectivity index (χ4n) is 2.67. The second-order valence-electron chi connectivity index (χ2n) is 5.42. The molecule has 1 heterocycles. The van der Waals surface area contributed by atoms with Crippen LogP contribution < -0.4 is 5.32 Å². The van der Waals surface area contributed by atoms with E-state index in [-0.39, 0.29) is 5.75 Å². The maximum absolute atomic E-state index is 11.5. The van der Waals surface area contributed by atoms with Gasteiger partial charge in [-0.15, -0.1) is 0 Å². The molecule has 0 aliphatic carbocycles. The van der Waals surface area contributed by atoms with E-state index in [1.165, 1.54) is 30.8 Å². The Balaban J connectivity index is 2.31. The van der Waals surface area contributed by atoms with Crippen LogP contribution in [-0.4, -0.2) is 44.0 Å². The lowest BCUT2D eigenvalue weighted by Crippen LogP contribution is -2.32. The molecular weight excluding hydrogens is 278 g/mol. The summed E-state index contributed by atoms with van der Waals surface area (Å²) in [4.78, 5) is 0. The van der Waals surface area contributed by atoms with Gasteiger partial charge in [0, 0.05) is 11.8 Å². The second kappa shape index (κ2) is 9.24. The van der Waals surface area contributed by atoms with Crippen molar-refractivity contribution in [1.29, 1.82) is 0 Å². The van der Waals surface area contributed by atoms with Crippen molar-refractivity contribution in [3.63, 3.8) is 0 Å². The molecule has 1 aliphatic rings. The zero-order valence-electron chi connectivity index (χ0n) is 12.4. The average molecular weight is 308 g/mol. The van der Waals surface area contributed by atoms with Crippen molar-refractivity contribution in [1.82, 2.24) is 5.32 Å². The molecule has 0 radical (unpaired) electrons. The van der Waals surface area contributed by atoms with E-state index < -0.39 is 9.84 Å². The van der Waals surface area contributed by atoms with Crippen LogP contribution >= 0.6 is 11.8 Å². The molecule has 1 aliphatic heterocycles. The van der Waals surface area contributed by atoms with Crippen molar-refractivity contribution in [3.8, 4) is 0 Å². The first-order valence-corrected chi connectivity index (χ1v) is 10.6. The van der Waals surface area contributed by atoms with Gasteiger partial charge in [-0.05, 0) is 56.1 Å². The zero-order valence-corrected chi connectivity index (χ0v) is 14.0. The summed E-state index contributed by atoms with van der Waals surface area (Å²) in [6.45, 7) is 4.84. The molecule has 0 spiro atoms. The van der Waals surface area contributed by atoms with Gasteiger partial charge in [0.1, 0.15) is 9.84 Å². The summed E-state index contributed by atoms with van der Waals surface area (Å²) >= 11 is 2.06. The van der Waals surface area contributed by atoms with Gasteiger partial charge >= 0.3 is 0 Å². The van der Waals surface area contributed by atoms with Gasteiger partial charge in [0.25, 0.3) is 0 Å². The summed E-state index contributed by atoms with van der Waals surface area (Å²) < 4.78 is 23.0. The largest absolute Gasteiger partial charge is 0.314 e. The number of rotatable bonds is 9. The number of sulfone groups is 1. The average Bonchev–Trinajstić information content (AvgIpc) is 2.40. The molecule has 1 atom stereocenters. The van der Waals surface area contributed by atoms with Gasteiger partial charge in [-0.2, -0.15) is 11.8 Å². The highest BCUT2D eigenvalue weighted by molar-refractivity contribution is 7.99. The minimum atomic E-state index is -2.79. The predicted octanol–water partition coefficient (Wildman–Crippen LogP) is 2.71. The molecule has 5 heteroatoms. The van der Waals surface area contributed by atoms with Crippen LogP contribution in [0.2, 0.25) is 0 Å². The van der Waals surface area contributed by atoms with E-state index in [0.717, 1.165) is 25.3 Å². The molecular formula is C14H29NO2S2. The number of hydrogen-bond acceptors (Lipinski definition) is 4. The molecule has 114 valence electrons. The molecule has 1 saturated heterocycles. The van der Waals surface area contributed by atoms with Crippen molar-refractivity contribution >= 4 is 21.6 Å². The molecule has 0 bridgehead atoms. The van der Waals surface area contributed by atoms with Crippen molar-refractivity contribution in [3.05, 3.63) is 0 Å². The van der Waals surface area contributed by atoms with E-state index in [4.69, 9.17) is 0 Å². The van der Waals surface area contributed by atoms with E-state index in [9.17, 15) is 8.42 Å². The lowest BCUT2D eigenvalue weighted by molar-refractivity contribution is 0.353. The van der Waals surface area contributed by atoms with Crippen LogP contribution in [0.4, 0.5) is 0 Å². The van der Waals surface area contributed by atoms with Crippen LogP contribution in [0.5, 0.6) is 0 Å². The Morgan fingerprint density at radius 3 is 2.53 bits per heavy atom. The molecule has 1 N–H and O–H groups in total. The van der Waals surface area contributed by atoms with Crippen LogP contribution in [0.25, 0.3) is 0 Å². The standard InChI is InChI=1S/C14H29NO2S2/c1-3-15-14(6-5-11-19(16,17)4-2)12-13-7-9-18-10-8-13/h13-15H,3-12H2,1-2H3. The zero-order chi connectivity index (χ0) is 14.1. The first kappa shape index (κ1) is 17.3. The minimum absolute atomic E-state index is 0.277. The first-order valence-electron chi connectivity index (χ1n) is 7.59.